The van der Waals surface area contributed by atoms with Gasteiger partial charge in [0.2, 0.25) is 5.91 Å². The quantitative estimate of drug-likeness (QED) is 0.608. The van der Waals surface area contributed by atoms with Crippen LogP contribution in [-0.2, 0) is 18.3 Å². The number of aryl methyl sites for hydroxylation is 1. The maximum absolute atomic E-state index is 14.6. The molecule has 0 saturated carbocycles. The lowest BCUT2D eigenvalue weighted by Gasteiger charge is -2.17. The molecule has 1 amide bonds. The molecule has 0 aliphatic rings. The highest BCUT2D eigenvalue weighted by molar-refractivity contribution is 5.97. The van der Waals surface area contributed by atoms with Crippen LogP contribution in [0, 0.1) is 5.82 Å². The first kappa shape index (κ1) is 19.5. The normalized spacial score (nSPS) is 10.7. The van der Waals surface area contributed by atoms with Crippen molar-refractivity contribution in [3.05, 3.63) is 71.8 Å². The number of halogens is 1. The average molecular weight is 379 g/mol. The van der Waals surface area contributed by atoms with Crippen molar-refractivity contribution in [1.29, 1.82) is 0 Å². The molecule has 2 aromatic carbocycles. The van der Waals surface area contributed by atoms with E-state index in [-0.39, 0.29) is 18.1 Å². The standard InChI is InChI=1S/C22H22FN3O2/c1-4-22(28)26(3)18-9-10-19(20(23)14-18)15-5-7-16(8-6-15)21(27)13-17-11-12-25(2)24-17/h5-12,14H,4,13H2,1-3H3. The van der Waals surface area contributed by atoms with Gasteiger partial charge in [0.15, 0.2) is 5.78 Å². The lowest BCUT2D eigenvalue weighted by Crippen LogP contribution is -2.25. The Labute approximate surface area is 163 Å². The van der Waals surface area contributed by atoms with E-state index >= 15 is 0 Å². The van der Waals surface area contributed by atoms with E-state index in [0.29, 0.717) is 34.5 Å². The zero-order valence-electron chi connectivity index (χ0n) is 16.1. The first-order valence-electron chi connectivity index (χ1n) is 9.07. The highest BCUT2D eigenvalue weighted by Crippen LogP contribution is 2.27. The van der Waals surface area contributed by atoms with Crippen LogP contribution in [0.4, 0.5) is 10.1 Å². The second-order valence-corrected chi connectivity index (χ2v) is 6.63. The highest BCUT2D eigenvalue weighted by Gasteiger charge is 2.14. The Morgan fingerprint density at radius 1 is 1.11 bits per heavy atom. The fourth-order valence-corrected chi connectivity index (χ4v) is 2.99. The summed E-state index contributed by atoms with van der Waals surface area (Å²) in [5.41, 5.74) is 2.87. The van der Waals surface area contributed by atoms with E-state index in [1.54, 1.807) is 68.3 Å². The topological polar surface area (TPSA) is 55.2 Å². The van der Waals surface area contributed by atoms with Crippen molar-refractivity contribution in [3.63, 3.8) is 0 Å². The average Bonchev–Trinajstić information content (AvgIpc) is 3.11. The van der Waals surface area contributed by atoms with Crippen LogP contribution in [0.25, 0.3) is 11.1 Å². The Hall–Kier alpha value is -3.28. The van der Waals surface area contributed by atoms with Gasteiger partial charge < -0.3 is 4.90 Å². The molecule has 0 radical (unpaired) electrons. The SMILES string of the molecule is CCC(=O)N(C)c1ccc(-c2ccc(C(=O)Cc3ccn(C)n3)cc2)c(F)c1. The lowest BCUT2D eigenvalue weighted by atomic mass is 10.00. The summed E-state index contributed by atoms with van der Waals surface area (Å²) in [5.74, 6) is -0.537. The van der Waals surface area contributed by atoms with Gasteiger partial charge in [-0.15, -0.1) is 0 Å². The predicted molar refractivity (Wildman–Crippen MR) is 107 cm³/mol. The Bertz CT molecular complexity index is 1010. The van der Waals surface area contributed by atoms with Gasteiger partial charge in [-0.1, -0.05) is 31.2 Å². The summed E-state index contributed by atoms with van der Waals surface area (Å²) < 4.78 is 16.3. The van der Waals surface area contributed by atoms with E-state index in [1.165, 1.54) is 11.0 Å². The van der Waals surface area contributed by atoms with Crippen LogP contribution < -0.4 is 4.90 Å². The number of amides is 1. The van der Waals surface area contributed by atoms with E-state index in [4.69, 9.17) is 0 Å². The highest BCUT2D eigenvalue weighted by atomic mass is 19.1. The smallest absolute Gasteiger partial charge is 0.226 e. The van der Waals surface area contributed by atoms with Crippen molar-refractivity contribution in [1.82, 2.24) is 9.78 Å². The second-order valence-electron chi connectivity index (χ2n) is 6.63. The number of benzene rings is 2. The first-order valence-corrected chi connectivity index (χ1v) is 9.07. The van der Waals surface area contributed by atoms with Crippen LogP contribution in [-0.4, -0.2) is 28.5 Å². The molecular formula is C22H22FN3O2. The molecule has 5 nitrogen and oxygen atoms in total. The molecule has 0 saturated heterocycles. The lowest BCUT2D eigenvalue weighted by molar-refractivity contribution is -0.118. The molecule has 1 aromatic heterocycles. The maximum atomic E-state index is 14.6. The number of rotatable bonds is 6. The number of hydrogen-bond donors (Lipinski definition) is 0. The number of hydrogen-bond acceptors (Lipinski definition) is 3. The fourth-order valence-electron chi connectivity index (χ4n) is 2.99. The number of carbonyl (C=O) groups is 2. The van der Waals surface area contributed by atoms with E-state index in [2.05, 4.69) is 5.10 Å². The van der Waals surface area contributed by atoms with Crippen LogP contribution in [0.2, 0.25) is 0 Å². The molecule has 1 heterocycles. The summed E-state index contributed by atoms with van der Waals surface area (Å²) in [4.78, 5) is 25.6. The second kappa shape index (κ2) is 8.17. The Morgan fingerprint density at radius 2 is 1.82 bits per heavy atom. The maximum Gasteiger partial charge on any atom is 0.226 e. The van der Waals surface area contributed by atoms with Gasteiger partial charge in [0.05, 0.1) is 12.1 Å². The number of nitrogens with zero attached hydrogens (tertiary/aromatic N) is 3. The molecule has 28 heavy (non-hydrogen) atoms. The van der Waals surface area contributed by atoms with Gasteiger partial charge in [-0.2, -0.15) is 5.10 Å². The number of ketones is 1. The van der Waals surface area contributed by atoms with Crippen LogP contribution in [0.5, 0.6) is 0 Å². The largest absolute Gasteiger partial charge is 0.315 e. The van der Waals surface area contributed by atoms with Crippen molar-refractivity contribution in [2.75, 3.05) is 11.9 Å². The molecule has 0 fully saturated rings. The van der Waals surface area contributed by atoms with Crippen molar-refractivity contribution in [2.45, 2.75) is 19.8 Å². The molecule has 3 aromatic rings. The van der Waals surface area contributed by atoms with Crippen LogP contribution in [0.15, 0.2) is 54.7 Å². The minimum Gasteiger partial charge on any atom is -0.315 e. The molecule has 3 rings (SSSR count). The van der Waals surface area contributed by atoms with Crippen molar-refractivity contribution in [3.8, 4) is 11.1 Å². The zero-order valence-corrected chi connectivity index (χ0v) is 16.1. The van der Waals surface area contributed by atoms with Crippen molar-refractivity contribution < 1.29 is 14.0 Å². The molecule has 0 unspecified atom stereocenters. The Kier molecular flexibility index (Phi) is 5.68. The molecule has 0 atom stereocenters. The Morgan fingerprint density at radius 3 is 2.39 bits per heavy atom. The Balaban J connectivity index is 1.77. The van der Waals surface area contributed by atoms with E-state index in [9.17, 15) is 14.0 Å². The molecule has 6 heteroatoms. The molecule has 0 aliphatic heterocycles. The number of anilines is 1. The van der Waals surface area contributed by atoms with Gasteiger partial charge in [-0.25, -0.2) is 4.39 Å². The number of aromatic nitrogens is 2. The summed E-state index contributed by atoms with van der Waals surface area (Å²) in [6, 6.07) is 13.4. The molecule has 0 spiro atoms. The van der Waals surface area contributed by atoms with Gasteiger partial charge >= 0.3 is 0 Å². The number of carbonyl (C=O) groups excluding carboxylic acids is 2. The molecular weight excluding hydrogens is 357 g/mol. The van der Waals surface area contributed by atoms with Gasteiger partial charge in [-0.05, 0) is 29.8 Å². The van der Waals surface area contributed by atoms with Crippen LogP contribution >= 0.6 is 0 Å². The third kappa shape index (κ3) is 4.17. The first-order chi connectivity index (χ1) is 13.4. The minimum absolute atomic E-state index is 0.0410. The van der Waals surface area contributed by atoms with Crippen LogP contribution in [0.1, 0.15) is 29.4 Å². The van der Waals surface area contributed by atoms with Gasteiger partial charge in [0, 0.05) is 43.5 Å². The van der Waals surface area contributed by atoms with Gasteiger partial charge in [0.1, 0.15) is 5.82 Å². The molecule has 0 bridgehead atoms. The minimum atomic E-state index is -0.416. The van der Waals surface area contributed by atoms with E-state index in [1.807, 2.05) is 6.07 Å². The summed E-state index contributed by atoms with van der Waals surface area (Å²) in [7, 11) is 3.43. The summed E-state index contributed by atoms with van der Waals surface area (Å²) >= 11 is 0. The van der Waals surface area contributed by atoms with Crippen LogP contribution in [0.3, 0.4) is 0 Å². The van der Waals surface area contributed by atoms with Crippen molar-refractivity contribution in [2.24, 2.45) is 7.05 Å². The predicted octanol–water partition coefficient (Wildman–Crippen LogP) is 4.02. The number of Topliss-reactive ketones (excluding diaryl/α,β-unsaturated/α-hetero) is 1. The third-order valence-electron chi connectivity index (χ3n) is 4.64. The summed E-state index contributed by atoms with van der Waals surface area (Å²) in [6.45, 7) is 1.76. The summed E-state index contributed by atoms with van der Waals surface area (Å²) in [6.07, 6.45) is 2.37. The van der Waals surface area contributed by atoms with Gasteiger partial charge in [-0.3, -0.25) is 14.3 Å². The summed E-state index contributed by atoms with van der Waals surface area (Å²) in [5, 5.41) is 4.21. The van der Waals surface area contributed by atoms with Gasteiger partial charge in [0.25, 0.3) is 0 Å². The zero-order chi connectivity index (χ0) is 20.3. The van der Waals surface area contributed by atoms with E-state index < -0.39 is 5.82 Å². The third-order valence-corrected chi connectivity index (χ3v) is 4.64. The fraction of sp³-hybridized carbons (Fsp3) is 0.227. The molecule has 0 N–H and O–H groups in total. The van der Waals surface area contributed by atoms with Crippen molar-refractivity contribution >= 4 is 17.4 Å². The molecule has 0 aliphatic carbocycles. The monoisotopic (exact) mass is 379 g/mol. The van der Waals surface area contributed by atoms with E-state index in [0.717, 1.165) is 0 Å². The molecule has 144 valence electrons.